The van der Waals surface area contributed by atoms with Gasteiger partial charge in [0.15, 0.2) is 0 Å². The number of rotatable bonds is 4. The van der Waals surface area contributed by atoms with Crippen LogP contribution in [0.15, 0.2) is 0 Å². The fourth-order valence-electron chi connectivity index (χ4n) is 3.82. The Labute approximate surface area is 101 Å². The van der Waals surface area contributed by atoms with E-state index in [-0.39, 0.29) is 0 Å². The summed E-state index contributed by atoms with van der Waals surface area (Å²) in [5.74, 6) is 1.76. The third kappa shape index (κ3) is 2.02. The van der Waals surface area contributed by atoms with Gasteiger partial charge in [-0.15, -0.1) is 0 Å². The molecule has 1 heterocycles. The molecule has 1 aliphatic carbocycles. The third-order valence-electron chi connectivity index (χ3n) is 5.05. The monoisotopic (exact) mass is 224 g/mol. The molecule has 0 amide bonds. The normalized spacial score (nSPS) is 37.3. The molecule has 2 unspecified atom stereocenters. The van der Waals surface area contributed by atoms with Crippen molar-refractivity contribution in [2.75, 3.05) is 19.6 Å². The number of hydrogen-bond acceptors (Lipinski definition) is 2. The average molecular weight is 224 g/mol. The Morgan fingerprint density at radius 1 is 1.31 bits per heavy atom. The molecule has 94 valence electrons. The van der Waals surface area contributed by atoms with E-state index in [9.17, 15) is 0 Å². The summed E-state index contributed by atoms with van der Waals surface area (Å²) in [6, 6.07) is 0. The SMILES string of the molecule is CCCC1CN(C2(CN)CCCCC2C)C1. The van der Waals surface area contributed by atoms with E-state index >= 15 is 0 Å². The van der Waals surface area contributed by atoms with Crippen LogP contribution in [0, 0.1) is 11.8 Å². The maximum absolute atomic E-state index is 6.12. The Bertz CT molecular complexity index is 223. The summed E-state index contributed by atoms with van der Waals surface area (Å²) >= 11 is 0. The number of nitrogens with two attached hydrogens (primary N) is 1. The minimum atomic E-state index is 0.364. The Balaban J connectivity index is 1.94. The molecule has 1 saturated carbocycles. The molecule has 2 fully saturated rings. The zero-order valence-electron chi connectivity index (χ0n) is 11.0. The zero-order chi connectivity index (χ0) is 11.6. The highest BCUT2D eigenvalue weighted by Crippen LogP contribution is 2.41. The van der Waals surface area contributed by atoms with Crippen LogP contribution in [0.25, 0.3) is 0 Å². The van der Waals surface area contributed by atoms with Crippen molar-refractivity contribution in [2.24, 2.45) is 17.6 Å². The molecule has 0 radical (unpaired) electrons. The van der Waals surface area contributed by atoms with Gasteiger partial charge in [-0.2, -0.15) is 0 Å². The molecule has 1 saturated heterocycles. The molecule has 2 N–H and O–H groups in total. The van der Waals surface area contributed by atoms with Crippen LogP contribution in [0.2, 0.25) is 0 Å². The summed E-state index contributed by atoms with van der Waals surface area (Å²) in [4.78, 5) is 2.71. The van der Waals surface area contributed by atoms with Gasteiger partial charge in [0.25, 0.3) is 0 Å². The van der Waals surface area contributed by atoms with E-state index in [1.807, 2.05) is 0 Å². The highest BCUT2D eigenvalue weighted by atomic mass is 15.3. The van der Waals surface area contributed by atoms with Crippen LogP contribution in [-0.2, 0) is 0 Å². The molecule has 1 aliphatic heterocycles. The molecule has 0 bridgehead atoms. The lowest BCUT2D eigenvalue weighted by Crippen LogP contribution is -2.66. The Morgan fingerprint density at radius 2 is 2.06 bits per heavy atom. The Morgan fingerprint density at radius 3 is 2.62 bits per heavy atom. The molecular weight excluding hydrogens is 196 g/mol. The lowest BCUT2D eigenvalue weighted by Gasteiger charge is -2.56. The van der Waals surface area contributed by atoms with E-state index in [0.29, 0.717) is 5.54 Å². The lowest BCUT2D eigenvalue weighted by atomic mass is 9.70. The predicted octanol–water partition coefficient (Wildman–Crippen LogP) is 2.63. The maximum atomic E-state index is 6.12. The van der Waals surface area contributed by atoms with E-state index in [0.717, 1.165) is 18.4 Å². The molecule has 2 atom stereocenters. The highest BCUT2D eigenvalue weighted by Gasteiger charge is 2.46. The number of hydrogen-bond donors (Lipinski definition) is 1. The van der Waals surface area contributed by atoms with Crippen LogP contribution >= 0.6 is 0 Å². The van der Waals surface area contributed by atoms with E-state index in [2.05, 4.69) is 18.7 Å². The van der Waals surface area contributed by atoms with Crippen LogP contribution in [0.1, 0.15) is 52.4 Å². The van der Waals surface area contributed by atoms with Crippen LogP contribution < -0.4 is 5.73 Å². The van der Waals surface area contributed by atoms with Crippen molar-refractivity contribution in [1.29, 1.82) is 0 Å². The van der Waals surface area contributed by atoms with Crippen LogP contribution in [0.5, 0.6) is 0 Å². The van der Waals surface area contributed by atoms with Crippen molar-refractivity contribution in [3.05, 3.63) is 0 Å². The first kappa shape index (κ1) is 12.4. The van der Waals surface area contributed by atoms with Gasteiger partial charge in [0.2, 0.25) is 0 Å². The average Bonchev–Trinajstić information content (AvgIpc) is 2.25. The van der Waals surface area contributed by atoms with Gasteiger partial charge in [0.1, 0.15) is 0 Å². The first-order chi connectivity index (χ1) is 7.73. The molecule has 0 aromatic heterocycles. The van der Waals surface area contributed by atoms with Gasteiger partial charge in [0, 0.05) is 25.2 Å². The summed E-state index contributed by atoms with van der Waals surface area (Å²) in [6.45, 7) is 8.21. The maximum Gasteiger partial charge on any atom is 0.0357 e. The third-order valence-corrected chi connectivity index (χ3v) is 5.05. The quantitative estimate of drug-likeness (QED) is 0.795. The Kier molecular flexibility index (Phi) is 3.91. The second-order valence-corrected chi connectivity index (χ2v) is 6.01. The predicted molar refractivity (Wildman–Crippen MR) is 69.4 cm³/mol. The van der Waals surface area contributed by atoms with Crippen molar-refractivity contribution >= 4 is 0 Å². The van der Waals surface area contributed by atoms with Crippen molar-refractivity contribution in [3.8, 4) is 0 Å². The fourth-order valence-corrected chi connectivity index (χ4v) is 3.82. The van der Waals surface area contributed by atoms with Gasteiger partial charge in [-0.3, -0.25) is 4.90 Å². The second kappa shape index (κ2) is 5.05. The molecule has 0 aromatic carbocycles. The van der Waals surface area contributed by atoms with Crippen molar-refractivity contribution < 1.29 is 0 Å². The summed E-state index contributed by atoms with van der Waals surface area (Å²) in [6.07, 6.45) is 8.26. The fraction of sp³-hybridized carbons (Fsp3) is 1.00. The van der Waals surface area contributed by atoms with Crippen LogP contribution in [-0.4, -0.2) is 30.1 Å². The number of likely N-dealkylation sites (tertiary alicyclic amines) is 1. The van der Waals surface area contributed by atoms with Gasteiger partial charge in [-0.1, -0.05) is 33.1 Å². The molecule has 2 aliphatic rings. The molecule has 2 nitrogen and oxygen atoms in total. The van der Waals surface area contributed by atoms with Gasteiger partial charge in [-0.25, -0.2) is 0 Å². The Hall–Kier alpha value is -0.0800. The molecular formula is C14H28N2. The summed E-state index contributed by atoms with van der Waals surface area (Å²) < 4.78 is 0. The van der Waals surface area contributed by atoms with Crippen molar-refractivity contribution in [3.63, 3.8) is 0 Å². The first-order valence-electron chi connectivity index (χ1n) is 7.18. The van der Waals surface area contributed by atoms with Gasteiger partial charge < -0.3 is 5.73 Å². The minimum Gasteiger partial charge on any atom is -0.329 e. The summed E-state index contributed by atoms with van der Waals surface area (Å²) in [5.41, 5.74) is 6.48. The van der Waals surface area contributed by atoms with Gasteiger partial charge >= 0.3 is 0 Å². The van der Waals surface area contributed by atoms with Crippen molar-refractivity contribution in [1.82, 2.24) is 4.90 Å². The standard InChI is InChI=1S/C14H28N2/c1-3-6-13-9-16(10-13)14(11-15)8-5-4-7-12(14)2/h12-13H,3-11,15H2,1-2H3. The second-order valence-electron chi connectivity index (χ2n) is 6.01. The van der Waals surface area contributed by atoms with E-state index in [4.69, 9.17) is 5.73 Å². The lowest BCUT2D eigenvalue weighted by molar-refractivity contribution is -0.0630. The molecule has 2 rings (SSSR count). The van der Waals surface area contributed by atoms with Crippen molar-refractivity contribution in [2.45, 2.75) is 57.9 Å². The number of nitrogens with zero attached hydrogens (tertiary/aromatic N) is 1. The summed E-state index contributed by atoms with van der Waals surface area (Å²) in [5, 5.41) is 0. The largest absolute Gasteiger partial charge is 0.329 e. The zero-order valence-corrected chi connectivity index (χ0v) is 11.0. The van der Waals surface area contributed by atoms with E-state index in [1.54, 1.807) is 0 Å². The van der Waals surface area contributed by atoms with E-state index in [1.165, 1.54) is 51.6 Å². The minimum absolute atomic E-state index is 0.364. The first-order valence-corrected chi connectivity index (χ1v) is 7.18. The van der Waals surface area contributed by atoms with Crippen LogP contribution in [0.3, 0.4) is 0 Å². The molecule has 2 heteroatoms. The molecule has 0 aromatic rings. The van der Waals surface area contributed by atoms with Crippen LogP contribution in [0.4, 0.5) is 0 Å². The molecule has 0 spiro atoms. The smallest absolute Gasteiger partial charge is 0.0357 e. The van der Waals surface area contributed by atoms with E-state index < -0.39 is 0 Å². The molecule has 16 heavy (non-hydrogen) atoms. The van der Waals surface area contributed by atoms with Gasteiger partial charge in [0.05, 0.1) is 0 Å². The van der Waals surface area contributed by atoms with Gasteiger partial charge in [-0.05, 0) is 31.1 Å². The topological polar surface area (TPSA) is 29.3 Å². The summed E-state index contributed by atoms with van der Waals surface area (Å²) in [7, 11) is 0. The highest BCUT2D eigenvalue weighted by molar-refractivity contribution is 5.02.